The first-order valence-electron chi connectivity index (χ1n) is 8.14. The van der Waals surface area contributed by atoms with Crippen LogP contribution < -0.4 is 5.32 Å². The molecule has 1 amide bonds. The number of rotatable bonds is 6. The molecule has 0 aliphatic carbocycles. The second-order valence-electron chi connectivity index (χ2n) is 6.08. The van der Waals surface area contributed by atoms with Crippen molar-refractivity contribution >= 4 is 21.4 Å². The van der Waals surface area contributed by atoms with E-state index in [0.717, 1.165) is 30.0 Å². The lowest BCUT2D eigenvalue weighted by atomic mass is 10.0. The van der Waals surface area contributed by atoms with Crippen molar-refractivity contribution in [3.8, 4) is 0 Å². The molecule has 9 heteroatoms. The van der Waals surface area contributed by atoms with Gasteiger partial charge in [0.2, 0.25) is 0 Å². The molecule has 1 aromatic heterocycles. The second kappa shape index (κ2) is 7.65. The van der Waals surface area contributed by atoms with Crippen molar-refractivity contribution in [3.05, 3.63) is 93.9 Å². The number of furan rings is 1. The molecule has 0 aliphatic rings. The highest BCUT2D eigenvalue weighted by atomic mass is 32.2. The number of nitrogens with zero attached hydrogens (tertiary/aromatic N) is 1. The zero-order valence-corrected chi connectivity index (χ0v) is 15.5. The molecular formula is C19H16N2O6S. The Morgan fingerprint density at radius 2 is 1.82 bits per heavy atom. The van der Waals surface area contributed by atoms with Crippen LogP contribution in [0.15, 0.2) is 76.2 Å². The monoisotopic (exact) mass is 400 g/mol. The fraction of sp³-hybridized carbons (Fsp3) is 0.105. The third-order valence-electron chi connectivity index (χ3n) is 4.03. The quantitative estimate of drug-likeness (QED) is 0.501. The third-order valence-corrected chi connectivity index (χ3v) is 5.12. The summed E-state index contributed by atoms with van der Waals surface area (Å²) in [6, 6.07) is 14.8. The minimum atomic E-state index is -3.74. The van der Waals surface area contributed by atoms with Crippen molar-refractivity contribution in [2.75, 3.05) is 6.26 Å². The van der Waals surface area contributed by atoms with Gasteiger partial charge in [-0.3, -0.25) is 14.9 Å². The first-order valence-corrected chi connectivity index (χ1v) is 10.0. The molecule has 0 fully saturated rings. The van der Waals surface area contributed by atoms with Crippen molar-refractivity contribution in [1.82, 2.24) is 5.32 Å². The van der Waals surface area contributed by atoms with E-state index < -0.39 is 32.4 Å². The lowest BCUT2D eigenvalue weighted by Gasteiger charge is -2.17. The number of nitro benzene ring substituents is 1. The van der Waals surface area contributed by atoms with Gasteiger partial charge in [-0.25, -0.2) is 8.42 Å². The third kappa shape index (κ3) is 4.26. The number of carbonyl (C=O) groups is 1. The van der Waals surface area contributed by atoms with Crippen LogP contribution in [-0.4, -0.2) is 25.5 Å². The Morgan fingerprint density at radius 3 is 2.39 bits per heavy atom. The molecule has 0 bridgehead atoms. The number of hydrogen-bond acceptors (Lipinski definition) is 6. The first-order chi connectivity index (χ1) is 13.3. The van der Waals surface area contributed by atoms with Crippen molar-refractivity contribution in [2.45, 2.75) is 10.9 Å². The van der Waals surface area contributed by atoms with Crippen molar-refractivity contribution in [1.29, 1.82) is 0 Å². The molecular weight excluding hydrogens is 384 g/mol. The van der Waals surface area contributed by atoms with E-state index in [-0.39, 0.29) is 10.5 Å². The summed E-state index contributed by atoms with van der Waals surface area (Å²) in [5, 5.41) is 13.9. The molecule has 28 heavy (non-hydrogen) atoms. The van der Waals surface area contributed by atoms with Gasteiger partial charge in [0.25, 0.3) is 11.6 Å². The molecule has 3 rings (SSSR count). The molecule has 144 valence electrons. The number of carbonyl (C=O) groups excluding carboxylic acids is 1. The molecule has 0 aliphatic heterocycles. The molecule has 1 atom stereocenters. The smallest absolute Gasteiger partial charge is 0.271 e. The molecule has 1 N–H and O–H groups in total. The maximum absolute atomic E-state index is 12.8. The minimum Gasteiger partial charge on any atom is -0.467 e. The summed E-state index contributed by atoms with van der Waals surface area (Å²) < 4.78 is 29.1. The number of non-ortho nitro benzene ring substituents is 1. The van der Waals surface area contributed by atoms with Gasteiger partial charge in [0.1, 0.15) is 11.8 Å². The van der Waals surface area contributed by atoms with Crippen LogP contribution in [0.2, 0.25) is 0 Å². The van der Waals surface area contributed by atoms with Crippen LogP contribution in [0.4, 0.5) is 5.69 Å². The van der Waals surface area contributed by atoms with E-state index in [1.165, 1.54) is 6.26 Å². The molecule has 1 heterocycles. The summed E-state index contributed by atoms with van der Waals surface area (Å²) in [6.45, 7) is 0. The van der Waals surface area contributed by atoms with Gasteiger partial charge in [-0.15, -0.1) is 0 Å². The molecule has 3 aromatic rings. The average molecular weight is 400 g/mol. The number of sulfone groups is 1. The van der Waals surface area contributed by atoms with E-state index in [1.54, 1.807) is 36.4 Å². The van der Waals surface area contributed by atoms with Crippen LogP contribution in [0.1, 0.15) is 27.7 Å². The van der Waals surface area contributed by atoms with E-state index in [1.807, 2.05) is 6.07 Å². The van der Waals surface area contributed by atoms with Gasteiger partial charge < -0.3 is 9.73 Å². The van der Waals surface area contributed by atoms with Crippen molar-refractivity contribution in [2.24, 2.45) is 0 Å². The number of hydrogen-bond donors (Lipinski definition) is 1. The van der Waals surface area contributed by atoms with Crippen molar-refractivity contribution < 1.29 is 22.6 Å². The Labute approximate surface area is 160 Å². The van der Waals surface area contributed by atoms with Crippen LogP contribution in [0.3, 0.4) is 0 Å². The van der Waals surface area contributed by atoms with Gasteiger partial charge in [-0.05, 0) is 23.8 Å². The largest absolute Gasteiger partial charge is 0.467 e. The van der Waals surface area contributed by atoms with Gasteiger partial charge >= 0.3 is 0 Å². The highest BCUT2D eigenvalue weighted by molar-refractivity contribution is 7.90. The normalized spacial score (nSPS) is 12.3. The van der Waals surface area contributed by atoms with E-state index in [9.17, 15) is 23.3 Å². The molecule has 8 nitrogen and oxygen atoms in total. The summed E-state index contributed by atoms with van der Waals surface area (Å²) in [6.07, 6.45) is 2.38. The SMILES string of the molecule is CS(=O)(=O)c1cc(C(=O)NC(c2ccccc2)c2ccco2)cc([N+](=O)[O-])c1. The molecule has 0 saturated heterocycles. The van der Waals surface area contributed by atoms with E-state index >= 15 is 0 Å². The summed E-state index contributed by atoms with van der Waals surface area (Å²) in [7, 11) is -3.74. The van der Waals surface area contributed by atoms with Gasteiger partial charge in [0.05, 0.1) is 16.1 Å². The zero-order valence-electron chi connectivity index (χ0n) is 14.7. The number of benzene rings is 2. The second-order valence-corrected chi connectivity index (χ2v) is 8.09. The lowest BCUT2D eigenvalue weighted by molar-refractivity contribution is -0.385. The summed E-state index contributed by atoms with van der Waals surface area (Å²) in [5.74, 6) is -0.202. The predicted molar refractivity (Wildman–Crippen MR) is 101 cm³/mol. The van der Waals surface area contributed by atoms with Crippen LogP contribution in [0.5, 0.6) is 0 Å². The van der Waals surface area contributed by atoms with Gasteiger partial charge in [-0.2, -0.15) is 0 Å². The first kappa shape index (κ1) is 19.3. The Kier molecular flexibility index (Phi) is 5.27. The molecule has 0 spiro atoms. The Morgan fingerprint density at radius 1 is 1.11 bits per heavy atom. The molecule has 0 radical (unpaired) electrons. The van der Waals surface area contributed by atoms with Gasteiger partial charge in [0.15, 0.2) is 9.84 Å². The van der Waals surface area contributed by atoms with Crippen LogP contribution in [-0.2, 0) is 9.84 Å². The van der Waals surface area contributed by atoms with Gasteiger partial charge in [0, 0.05) is 24.0 Å². The minimum absolute atomic E-state index is 0.137. The van der Waals surface area contributed by atoms with E-state index in [2.05, 4.69) is 5.32 Å². The van der Waals surface area contributed by atoms with Crippen LogP contribution in [0, 0.1) is 10.1 Å². The van der Waals surface area contributed by atoms with E-state index in [0.29, 0.717) is 5.76 Å². The predicted octanol–water partition coefficient (Wildman–Crippen LogP) is 3.11. The maximum Gasteiger partial charge on any atom is 0.271 e. The van der Waals surface area contributed by atoms with Crippen LogP contribution >= 0.6 is 0 Å². The maximum atomic E-state index is 12.8. The fourth-order valence-corrected chi connectivity index (χ4v) is 3.34. The standard InChI is InChI=1S/C19H16N2O6S/c1-28(25,26)16-11-14(10-15(12-16)21(23)24)19(22)20-18(17-8-5-9-27-17)13-6-3-2-4-7-13/h2-12,18H,1H3,(H,20,22). The fourth-order valence-electron chi connectivity index (χ4n) is 2.67. The lowest BCUT2D eigenvalue weighted by Crippen LogP contribution is -2.29. The number of nitro groups is 1. The summed E-state index contributed by atoms with van der Waals surface area (Å²) >= 11 is 0. The molecule has 0 saturated carbocycles. The van der Waals surface area contributed by atoms with Crippen molar-refractivity contribution in [3.63, 3.8) is 0 Å². The molecule has 1 unspecified atom stereocenters. The zero-order chi connectivity index (χ0) is 20.3. The highest BCUT2D eigenvalue weighted by Gasteiger charge is 2.23. The summed E-state index contributed by atoms with van der Waals surface area (Å²) in [4.78, 5) is 22.9. The van der Waals surface area contributed by atoms with Gasteiger partial charge in [-0.1, -0.05) is 30.3 Å². The van der Waals surface area contributed by atoms with E-state index in [4.69, 9.17) is 4.42 Å². The number of nitrogens with one attached hydrogen (secondary N) is 1. The topological polar surface area (TPSA) is 120 Å². The van der Waals surface area contributed by atoms with Crippen LogP contribution in [0.25, 0.3) is 0 Å². The Hall–Kier alpha value is -3.46. The average Bonchev–Trinajstić information content (AvgIpc) is 3.20. The summed E-state index contributed by atoms with van der Waals surface area (Å²) in [5.41, 5.74) is 0.115. The highest BCUT2D eigenvalue weighted by Crippen LogP contribution is 2.25. The number of amides is 1. The molecule has 2 aromatic carbocycles. The Balaban J connectivity index is 2.01. The Bertz CT molecular complexity index is 1110.